The molecule has 1 aliphatic carbocycles. The lowest BCUT2D eigenvalue weighted by atomic mass is 9.65. The van der Waals surface area contributed by atoms with Crippen LogP contribution in [0.1, 0.15) is 31.2 Å². The van der Waals surface area contributed by atoms with Crippen molar-refractivity contribution < 1.29 is 14.7 Å². The highest BCUT2D eigenvalue weighted by Crippen LogP contribution is 2.45. The van der Waals surface area contributed by atoms with Crippen molar-refractivity contribution >= 4 is 27.8 Å². The van der Waals surface area contributed by atoms with Crippen LogP contribution in [0.15, 0.2) is 28.7 Å². The van der Waals surface area contributed by atoms with E-state index in [0.29, 0.717) is 12.8 Å². The molecule has 18 heavy (non-hydrogen) atoms. The number of carbonyl (C=O) groups excluding carboxylic acids is 1. The third kappa shape index (κ3) is 2.41. The van der Waals surface area contributed by atoms with E-state index in [0.717, 1.165) is 10.0 Å². The lowest BCUT2D eigenvalue weighted by Crippen LogP contribution is -2.61. The zero-order valence-corrected chi connectivity index (χ0v) is 11.5. The molecule has 2 rings (SSSR count). The predicted octanol–water partition coefficient (Wildman–Crippen LogP) is 2.29. The molecule has 1 aliphatic rings. The van der Waals surface area contributed by atoms with Crippen molar-refractivity contribution in [1.82, 2.24) is 5.32 Å². The molecule has 0 aliphatic heterocycles. The summed E-state index contributed by atoms with van der Waals surface area (Å²) < 4.78 is 0.979. The molecule has 0 heterocycles. The fourth-order valence-electron chi connectivity index (χ4n) is 2.44. The van der Waals surface area contributed by atoms with Crippen molar-refractivity contribution in [3.63, 3.8) is 0 Å². The lowest BCUT2D eigenvalue weighted by molar-refractivity contribution is -0.152. The fourth-order valence-corrected chi connectivity index (χ4v) is 2.86. The lowest BCUT2D eigenvalue weighted by Gasteiger charge is -2.44. The fraction of sp³-hybridized carbons (Fsp3) is 0.385. The largest absolute Gasteiger partial charge is 0.480 e. The van der Waals surface area contributed by atoms with Gasteiger partial charge in [-0.05, 0) is 36.5 Å². The van der Waals surface area contributed by atoms with Gasteiger partial charge in [-0.1, -0.05) is 28.1 Å². The Bertz CT molecular complexity index is 495. The Labute approximate surface area is 114 Å². The molecule has 0 atom stereocenters. The first-order chi connectivity index (χ1) is 8.43. The molecule has 0 spiro atoms. The summed E-state index contributed by atoms with van der Waals surface area (Å²) in [7, 11) is 0. The summed E-state index contributed by atoms with van der Waals surface area (Å²) in [5.74, 6) is -1.07. The van der Waals surface area contributed by atoms with Gasteiger partial charge in [0.25, 0.3) is 0 Å². The van der Waals surface area contributed by atoms with E-state index in [4.69, 9.17) is 0 Å². The minimum absolute atomic E-state index is 0.186. The van der Waals surface area contributed by atoms with Crippen LogP contribution in [0.2, 0.25) is 0 Å². The Morgan fingerprint density at radius 2 is 2.11 bits per heavy atom. The number of carbonyl (C=O) groups is 2. The summed E-state index contributed by atoms with van der Waals surface area (Å²) in [4.78, 5) is 22.3. The molecular weight excluding hydrogens is 298 g/mol. The molecule has 0 saturated heterocycles. The van der Waals surface area contributed by atoms with Gasteiger partial charge in [0.2, 0.25) is 5.91 Å². The predicted molar refractivity (Wildman–Crippen MR) is 70.3 cm³/mol. The number of rotatable bonds is 3. The maximum atomic E-state index is 11.3. The molecule has 96 valence electrons. The summed E-state index contributed by atoms with van der Waals surface area (Å²) in [6, 6.07) is 7.83. The molecule has 1 saturated carbocycles. The van der Waals surface area contributed by atoms with Gasteiger partial charge in [0, 0.05) is 11.4 Å². The van der Waals surface area contributed by atoms with E-state index in [2.05, 4.69) is 21.2 Å². The van der Waals surface area contributed by atoms with Gasteiger partial charge in [0.05, 0.1) is 0 Å². The zero-order chi connectivity index (χ0) is 13.3. The molecule has 0 aromatic heterocycles. The number of hydrogen-bond acceptors (Lipinski definition) is 2. The van der Waals surface area contributed by atoms with Crippen LogP contribution in [-0.2, 0) is 9.59 Å². The number of amides is 1. The SMILES string of the molecule is CC(=O)NC1(C(=O)O)CC(c2cccc(Br)c2)C1. The number of aliphatic carboxylic acids is 1. The average Bonchev–Trinajstić information content (AvgIpc) is 2.21. The van der Waals surface area contributed by atoms with Crippen LogP contribution in [-0.4, -0.2) is 22.5 Å². The smallest absolute Gasteiger partial charge is 0.329 e. The summed E-state index contributed by atoms with van der Waals surface area (Å²) in [5, 5.41) is 11.8. The molecule has 1 amide bonds. The molecule has 1 aromatic rings. The highest BCUT2D eigenvalue weighted by Gasteiger charge is 2.51. The van der Waals surface area contributed by atoms with Crippen molar-refractivity contribution in [1.29, 1.82) is 0 Å². The van der Waals surface area contributed by atoms with E-state index in [-0.39, 0.29) is 11.8 Å². The normalized spacial score (nSPS) is 26.2. The molecule has 0 bridgehead atoms. The quantitative estimate of drug-likeness (QED) is 0.900. The number of carboxylic acids is 1. The van der Waals surface area contributed by atoms with Gasteiger partial charge in [0.1, 0.15) is 5.54 Å². The minimum Gasteiger partial charge on any atom is -0.480 e. The maximum Gasteiger partial charge on any atom is 0.329 e. The Balaban J connectivity index is 2.11. The van der Waals surface area contributed by atoms with Crippen molar-refractivity contribution in [3.05, 3.63) is 34.3 Å². The molecule has 1 aromatic carbocycles. The van der Waals surface area contributed by atoms with Gasteiger partial charge in [-0.25, -0.2) is 4.79 Å². The maximum absolute atomic E-state index is 11.3. The van der Waals surface area contributed by atoms with Crippen LogP contribution >= 0.6 is 15.9 Å². The van der Waals surface area contributed by atoms with Crippen LogP contribution < -0.4 is 5.32 Å². The second kappa shape index (κ2) is 4.72. The summed E-state index contributed by atoms with van der Waals surface area (Å²) in [6.07, 6.45) is 0.886. The third-order valence-electron chi connectivity index (χ3n) is 3.33. The summed E-state index contributed by atoms with van der Waals surface area (Å²) in [5.41, 5.74) is 0.0188. The first kappa shape index (κ1) is 13.1. The summed E-state index contributed by atoms with van der Waals surface area (Å²) in [6.45, 7) is 1.34. The standard InChI is InChI=1S/C13H14BrNO3/c1-8(16)15-13(12(17)18)6-10(7-13)9-3-2-4-11(14)5-9/h2-5,10H,6-7H2,1H3,(H,15,16)(H,17,18). The number of hydrogen-bond donors (Lipinski definition) is 2. The van der Waals surface area contributed by atoms with Crippen molar-refractivity contribution in [2.45, 2.75) is 31.2 Å². The highest BCUT2D eigenvalue weighted by atomic mass is 79.9. The number of benzene rings is 1. The molecule has 0 radical (unpaired) electrons. The monoisotopic (exact) mass is 311 g/mol. The molecule has 5 heteroatoms. The van der Waals surface area contributed by atoms with E-state index in [9.17, 15) is 14.7 Å². The Morgan fingerprint density at radius 3 is 2.61 bits per heavy atom. The Kier molecular flexibility index (Phi) is 3.43. The Morgan fingerprint density at radius 1 is 1.44 bits per heavy atom. The van der Waals surface area contributed by atoms with Crippen molar-refractivity contribution in [3.8, 4) is 0 Å². The van der Waals surface area contributed by atoms with Gasteiger partial charge in [0.15, 0.2) is 0 Å². The first-order valence-electron chi connectivity index (χ1n) is 5.70. The van der Waals surface area contributed by atoms with Crippen LogP contribution in [0, 0.1) is 0 Å². The van der Waals surface area contributed by atoms with Gasteiger partial charge in [-0.15, -0.1) is 0 Å². The van der Waals surface area contributed by atoms with Crippen LogP contribution in [0.3, 0.4) is 0 Å². The van der Waals surface area contributed by atoms with Gasteiger partial charge >= 0.3 is 5.97 Å². The topological polar surface area (TPSA) is 66.4 Å². The first-order valence-corrected chi connectivity index (χ1v) is 6.50. The number of carboxylic acid groups (broad SMARTS) is 1. The summed E-state index contributed by atoms with van der Waals surface area (Å²) >= 11 is 3.40. The molecule has 0 unspecified atom stereocenters. The third-order valence-corrected chi connectivity index (χ3v) is 3.83. The zero-order valence-electron chi connectivity index (χ0n) is 9.94. The number of nitrogens with one attached hydrogen (secondary N) is 1. The van der Waals surface area contributed by atoms with Crippen LogP contribution in [0.4, 0.5) is 0 Å². The molecule has 2 N–H and O–H groups in total. The van der Waals surface area contributed by atoms with Crippen molar-refractivity contribution in [2.24, 2.45) is 0 Å². The number of halogens is 1. The van der Waals surface area contributed by atoms with Crippen LogP contribution in [0.25, 0.3) is 0 Å². The second-order valence-corrected chi connectivity index (χ2v) is 5.64. The molecule has 1 fully saturated rings. The van der Waals surface area contributed by atoms with Gasteiger partial charge < -0.3 is 10.4 Å². The molecular formula is C13H14BrNO3. The minimum atomic E-state index is -1.08. The van der Waals surface area contributed by atoms with E-state index in [1.54, 1.807) is 0 Å². The van der Waals surface area contributed by atoms with Crippen LogP contribution in [0.5, 0.6) is 0 Å². The second-order valence-electron chi connectivity index (χ2n) is 4.73. The average molecular weight is 312 g/mol. The Hall–Kier alpha value is -1.36. The van der Waals surface area contributed by atoms with Crippen molar-refractivity contribution in [2.75, 3.05) is 0 Å². The van der Waals surface area contributed by atoms with Gasteiger partial charge in [-0.2, -0.15) is 0 Å². The molecule has 4 nitrogen and oxygen atoms in total. The van der Waals surface area contributed by atoms with Gasteiger partial charge in [-0.3, -0.25) is 4.79 Å². The van der Waals surface area contributed by atoms with E-state index < -0.39 is 11.5 Å². The van der Waals surface area contributed by atoms with E-state index in [1.165, 1.54) is 6.92 Å². The van der Waals surface area contributed by atoms with E-state index in [1.807, 2.05) is 24.3 Å². The van der Waals surface area contributed by atoms with E-state index >= 15 is 0 Å². The highest BCUT2D eigenvalue weighted by molar-refractivity contribution is 9.10.